The molecule has 0 saturated heterocycles. The first kappa shape index (κ1) is 33.1. The molecule has 1 heterocycles. The quantitative estimate of drug-likeness (QED) is 0.256. The number of halogens is 1. The number of primary amides is 1. The minimum absolute atomic E-state index is 0.143. The molecular weight excluding hydrogens is 628 g/mol. The Labute approximate surface area is 266 Å². The number of aromatic nitrogens is 3. The molecule has 1 fully saturated rings. The molecule has 1 aliphatic rings. The summed E-state index contributed by atoms with van der Waals surface area (Å²) in [5.41, 5.74) is 7.61. The molecule has 1 aromatic heterocycles. The van der Waals surface area contributed by atoms with E-state index in [1.165, 1.54) is 0 Å². The molecule has 1 aliphatic carbocycles. The van der Waals surface area contributed by atoms with Crippen LogP contribution in [0.4, 0.5) is 10.5 Å². The van der Waals surface area contributed by atoms with Crippen LogP contribution in [-0.4, -0.2) is 58.4 Å². The SMILES string of the molecule is COCc1nc(-c2ccc(N(C(=O)C3CCC(CNC(=O)OC(C)(C)C)CC3)[C@@H](Cc3cccc(Br)c3)C(N)=O)cc2)n[nH]1. The lowest BCUT2D eigenvalue weighted by atomic mass is 9.81. The highest BCUT2D eigenvalue weighted by molar-refractivity contribution is 9.10. The molecule has 0 spiro atoms. The standard InChI is InChI=1S/C32H41BrN6O5/c1-32(2,3)44-31(42)35-18-20-8-10-23(11-9-20)30(41)39(26(28(34)40)17-21-6-5-7-24(33)16-21)25-14-12-22(13-15-25)29-36-27(19-43-4)37-38-29/h5-7,12-16,20,23,26H,8-11,17-19H2,1-4H3,(H2,34,40)(H,35,42)(H,36,37,38)/t20?,23?,26-/m0/s1. The van der Waals surface area contributed by atoms with Crippen LogP contribution < -0.4 is 16.0 Å². The number of rotatable bonds is 11. The van der Waals surface area contributed by atoms with Gasteiger partial charge in [0.2, 0.25) is 11.8 Å². The summed E-state index contributed by atoms with van der Waals surface area (Å²) in [6, 6.07) is 14.0. The second-order valence-corrected chi connectivity index (χ2v) is 13.1. The van der Waals surface area contributed by atoms with Gasteiger partial charge in [-0.25, -0.2) is 9.78 Å². The highest BCUT2D eigenvalue weighted by Crippen LogP contribution is 2.33. The Balaban J connectivity index is 1.54. The van der Waals surface area contributed by atoms with E-state index in [0.29, 0.717) is 43.3 Å². The van der Waals surface area contributed by atoms with Crippen molar-refractivity contribution in [1.82, 2.24) is 20.5 Å². The number of amides is 3. The van der Waals surface area contributed by atoms with Crippen LogP contribution in [0.1, 0.15) is 57.8 Å². The van der Waals surface area contributed by atoms with E-state index in [2.05, 4.69) is 36.4 Å². The molecule has 2 aromatic carbocycles. The molecule has 4 rings (SSSR count). The van der Waals surface area contributed by atoms with Crippen molar-refractivity contribution in [2.24, 2.45) is 17.6 Å². The van der Waals surface area contributed by atoms with Gasteiger partial charge in [-0.15, -0.1) is 0 Å². The number of H-pyrrole nitrogens is 1. The van der Waals surface area contributed by atoms with E-state index in [9.17, 15) is 14.4 Å². The Bertz CT molecular complexity index is 1430. The lowest BCUT2D eigenvalue weighted by molar-refractivity contribution is -0.127. The van der Waals surface area contributed by atoms with Gasteiger partial charge in [-0.1, -0.05) is 28.1 Å². The summed E-state index contributed by atoms with van der Waals surface area (Å²) in [4.78, 5) is 45.3. The van der Waals surface area contributed by atoms with Crippen molar-refractivity contribution in [2.45, 2.75) is 71.1 Å². The first-order valence-electron chi connectivity index (χ1n) is 14.8. The maximum Gasteiger partial charge on any atom is 0.407 e. The number of carbonyl (C=O) groups excluding carboxylic acids is 3. The second-order valence-electron chi connectivity index (χ2n) is 12.1. The lowest BCUT2D eigenvalue weighted by Gasteiger charge is -2.36. The highest BCUT2D eigenvalue weighted by Gasteiger charge is 2.36. The summed E-state index contributed by atoms with van der Waals surface area (Å²) in [5.74, 6) is 0.313. The fourth-order valence-electron chi connectivity index (χ4n) is 5.42. The Morgan fingerprint density at radius 2 is 1.82 bits per heavy atom. The number of nitrogens with zero attached hydrogens (tertiary/aromatic N) is 3. The first-order chi connectivity index (χ1) is 20.9. The van der Waals surface area contributed by atoms with E-state index in [1.54, 1.807) is 24.1 Å². The van der Waals surface area contributed by atoms with Crippen LogP contribution in [0.25, 0.3) is 11.4 Å². The van der Waals surface area contributed by atoms with Crippen molar-refractivity contribution in [3.05, 3.63) is 64.4 Å². The van der Waals surface area contributed by atoms with Gasteiger partial charge in [0.15, 0.2) is 11.6 Å². The Hall–Kier alpha value is -3.77. The predicted octanol–water partition coefficient (Wildman–Crippen LogP) is 5.14. The van der Waals surface area contributed by atoms with E-state index < -0.39 is 23.6 Å². The normalized spacial score (nSPS) is 17.5. The molecule has 0 radical (unpaired) electrons. The molecule has 0 bridgehead atoms. The van der Waals surface area contributed by atoms with Gasteiger partial charge in [0.1, 0.15) is 18.2 Å². The monoisotopic (exact) mass is 668 g/mol. The van der Waals surface area contributed by atoms with Crippen LogP contribution in [0.3, 0.4) is 0 Å². The third-order valence-corrected chi connectivity index (χ3v) is 8.04. The second kappa shape index (κ2) is 14.8. The van der Waals surface area contributed by atoms with E-state index in [4.69, 9.17) is 15.2 Å². The van der Waals surface area contributed by atoms with E-state index >= 15 is 0 Å². The molecule has 236 valence electrons. The van der Waals surface area contributed by atoms with Gasteiger partial charge in [0.25, 0.3) is 0 Å². The summed E-state index contributed by atoms with van der Waals surface area (Å²) in [6.07, 6.45) is 2.62. The van der Waals surface area contributed by atoms with Crippen molar-refractivity contribution in [2.75, 3.05) is 18.6 Å². The Kier molecular flexibility index (Phi) is 11.1. The smallest absolute Gasteiger partial charge is 0.407 e. The van der Waals surface area contributed by atoms with Gasteiger partial charge >= 0.3 is 6.09 Å². The van der Waals surface area contributed by atoms with Crippen LogP contribution in [0.5, 0.6) is 0 Å². The number of aromatic amines is 1. The average Bonchev–Trinajstić information content (AvgIpc) is 3.44. The summed E-state index contributed by atoms with van der Waals surface area (Å²) < 4.78 is 11.3. The van der Waals surface area contributed by atoms with Gasteiger partial charge in [-0.3, -0.25) is 19.6 Å². The predicted molar refractivity (Wildman–Crippen MR) is 171 cm³/mol. The molecule has 44 heavy (non-hydrogen) atoms. The van der Waals surface area contributed by atoms with E-state index in [-0.39, 0.29) is 24.2 Å². The first-order valence-corrected chi connectivity index (χ1v) is 15.6. The number of nitrogens with one attached hydrogen (secondary N) is 2. The largest absolute Gasteiger partial charge is 0.444 e. The van der Waals surface area contributed by atoms with Crippen molar-refractivity contribution in [3.63, 3.8) is 0 Å². The average molecular weight is 670 g/mol. The zero-order valence-corrected chi connectivity index (χ0v) is 27.2. The third kappa shape index (κ3) is 9.12. The minimum atomic E-state index is -0.897. The van der Waals surface area contributed by atoms with Crippen molar-refractivity contribution < 1.29 is 23.9 Å². The molecule has 12 heteroatoms. The number of anilines is 1. The number of hydrogen-bond donors (Lipinski definition) is 3. The fourth-order valence-corrected chi connectivity index (χ4v) is 5.86. The third-order valence-electron chi connectivity index (χ3n) is 7.54. The Morgan fingerprint density at radius 3 is 2.43 bits per heavy atom. The van der Waals surface area contributed by atoms with Crippen molar-refractivity contribution in [1.29, 1.82) is 0 Å². The van der Waals surface area contributed by atoms with Crippen LogP contribution in [0, 0.1) is 11.8 Å². The number of benzene rings is 2. The zero-order valence-electron chi connectivity index (χ0n) is 25.6. The summed E-state index contributed by atoms with van der Waals surface area (Å²) in [5, 5.41) is 9.96. The van der Waals surface area contributed by atoms with Gasteiger partial charge < -0.3 is 20.5 Å². The zero-order chi connectivity index (χ0) is 31.9. The van der Waals surface area contributed by atoms with Crippen molar-refractivity contribution in [3.8, 4) is 11.4 Å². The molecule has 1 atom stereocenters. The minimum Gasteiger partial charge on any atom is -0.444 e. The van der Waals surface area contributed by atoms with Crippen molar-refractivity contribution >= 4 is 39.5 Å². The molecule has 3 amide bonds. The van der Waals surface area contributed by atoms with Gasteiger partial charge in [-0.2, -0.15) is 5.10 Å². The molecular formula is C32H41BrN6O5. The summed E-state index contributed by atoms with van der Waals surface area (Å²) >= 11 is 3.49. The molecule has 3 aromatic rings. The summed E-state index contributed by atoms with van der Waals surface area (Å²) in [7, 11) is 1.58. The van der Waals surface area contributed by atoms with E-state index in [0.717, 1.165) is 28.4 Å². The van der Waals surface area contributed by atoms with Gasteiger partial charge in [0, 0.05) is 41.7 Å². The number of nitrogens with two attached hydrogens (primary N) is 1. The maximum atomic E-state index is 14.2. The molecule has 1 saturated carbocycles. The van der Waals surface area contributed by atoms with Crippen LogP contribution >= 0.6 is 15.9 Å². The number of ether oxygens (including phenoxy) is 2. The summed E-state index contributed by atoms with van der Waals surface area (Å²) in [6.45, 7) is 6.27. The number of alkyl carbamates (subject to hydrolysis) is 1. The van der Waals surface area contributed by atoms with E-state index in [1.807, 2.05) is 57.2 Å². The Morgan fingerprint density at radius 1 is 1.11 bits per heavy atom. The lowest BCUT2D eigenvalue weighted by Crippen LogP contribution is -2.52. The fraction of sp³-hybridized carbons (Fsp3) is 0.469. The number of methoxy groups -OCH3 is 1. The maximum absolute atomic E-state index is 14.2. The molecule has 0 aliphatic heterocycles. The topological polar surface area (TPSA) is 153 Å². The van der Waals surface area contributed by atoms with Crippen LogP contribution in [-0.2, 0) is 32.1 Å². The van der Waals surface area contributed by atoms with Crippen LogP contribution in [0.2, 0.25) is 0 Å². The van der Waals surface area contributed by atoms with Gasteiger partial charge in [-0.05, 0) is 94.3 Å². The highest BCUT2D eigenvalue weighted by atomic mass is 79.9. The van der Waals surface area contributed by atoms with Gasteiger partial charge in [0.05, 0.1) is 0 Å². The number of hydrogen-bond acceptors (Lipinski definition) is 7. The number of carbonyl (C=O) groups is 3. The molecule has 11 nitrogen and oxygen atoms in total. The molecule has 4 N–H and O–H groups in total. The molecule has 0 unspecified atom stereocenters. The van der Waals surface area contributed by atoms with Crippen LogP contribution in [0.15, 0.2) is 53.0 Å².